The second-order valence-electron chi connectivity index (χ2n) is 4.15. The normalized spacial score (nSPS) is 26.9. The molecule has 1 aromatic rings. The number of nitrogen functional groups attached to an aromatic ring is 1. The smallest absolute Gasteiger partial charge is 0.136 e. The number of rotatable bonds is 1. The van der Waals surface area contributed by atoms with Crippen LogP contribution in [0.5, 0.6) is 0 Å². The van der Waals surface area contributed by atoms with E-state index < -0.39 is 0 Å². The van der Waals surface area contributed by atoms with E-state index in [1.807, 2.05) is 6.92 Å². The largest absolute Gasteiger partial charge is 0.391 e. The summed E-state index contributed by atoms with van der Waals surface area (Å²) in [7, 11) is 0. The summed E-state index contributed by atoms with van der Waals surface area (Å²) in [5.41, 5.74) is 6.82. The van der Waals surface area contributed by atoms with Gasteiger partial charge in [-0.3, -0.25) is 0 Å². The molecule has 0 radical (unpaired) electrons. The van der Waals surface area contributed by atoms with Crippen molar-refractivity contribution < 1.29 is 5.11 Å². The second kappa shape index (κ2) is 4.14. The molecule has 3 N–H and O–H groups in total. The maximum absolute atomic E-state index is 9.92. The second-order valence-corrected chi connectivity index (χ2v) is 4.94. The first-order valence-electron chi connectivity index (χ1n) is 5.29. The van der Waals surface area contributed by atoms with Crippen LogP contribution in [0.1, 0.15) is 37.4 Å². The van der Waals surface area contributed by atoms with E-state index in [4.69, 9.17) is 5.73 Å². The first kappa shape index (κ1) is 11.0. The van der Waals surface area contributed by atoms with Crippen LogP contribution in [0.15, 0.2) is 4.47 Å². The number of nitrogens with zero attached hydrogens (tertiary/aromatic N) is 2. The molecular formula is C10H16BrN3O. The zero-order valence-corrected chi connectivity index (χ0v) is 10.4. The maximum atomic E-state index is 9.92. The van der Waals surface area contributed by atoms with Crippen LogP contribution in [0.2, 0.25) is 0 Å². The van der Waals surface area contributed by atoms with Crippen molar-refractivity contribution in [3.8, 4) is 0 Å². The molecule has 2 rings (SSSR count). The van der Waals surface area contributed by atoms with Crippen molar-refractivity contribution in [3.05, 3.63) is 10.2 Å². The predicted molar refractivity (Wildman–Crippen MR) is 62.6 cm³/mol. The molecule has 1 fully saturated rings. The average Bonchev–Trinajstić information content (AvgIpc) is 2.47. The van der Waals surface area contributed by atoms with Crippen molar-refractivity contribution in [2.45, 2.75) is 44.8 Å². The Balaban J connectivity index is 2.31. The highest BCUT2D eigenvalue weighted by atomic mass is 79.9. The molecule has 1 heterocycles. The number of aliphatic hydroxyl groups is 1. The zero-order valence-electron chi connectivity index (χ0n) is 8.78. The summed E-state index contributed by atoms with van der Waals surface area (Å²) in [5, 5.41) is 14.3. The van der Waals surface area contributed by atoms with Crippen LogP contribution < -0.4 is 5.73 Å². The fourth-order valence-electron chi connectivity index (χ4n) is 2.18. The Labute approximate surface area is 97.6 Å². The third-order valence-electron chi connectivity index (χ3n) is 3.06. The molecule has 0 aliphatic heterocycles. The van der Waals surface area contributed by atoms with E-state index in [0.717, 1.165) is 35.8 Å². The molecule has 0 spiro atoms. The molecule has 5 heteroatoms. The van der Waals surface area contributed by atoms with Gasteiger partial charge in [-0.15, -0.1) is 0 Å². The van der Waals surface area contributed by atoms with Crippen LogP contribution in [0, 0.1) is 6.92 Å². The molecule has 0 amide bonds. The number of hydrogen-bond acceptors (Lipinski definition) is 3. The molecule has 1 aromatic heterocycles. The molecule has 84 valence electrons. The van der Waals surface area contributed by atoms with E-state index in [0.29, 0.717) is 5.82 Å². The van der Waals surface area contributed by atoms with Crippen molar-refractivity contribution in [1.82, 2.24) is 9.78 Å². The number of anilines is 1. The lowest BCUT2D eigenvalue weighted by Crippen LogP contribution is -2.29. The summed E-state index contributed by atoms with van der Waals surface area (Å²) >= 11 is 3.40. The fourth-order valence-corrected chi connectivity index (χ4v) is 2.44. The van der Waals surface area contributed by atoms with E-state index in [-0.39, 0.29) is 12.1 Å². The molecular weight excluding hydrogens is 258 g/mol. The molecule has 0 bridgehead atoms. The van der Waals surface area contributed by atoms with E-state index in [9.17, 15) is 5.11 Å². The number of aliphatic hydroxyl groups excluding tert-OH is 1. The molecule has 15 heavy (non-hydrogen) atoms. The molecule has 0 saturated heterocycles. The minimum Gasteiger partial charge on any atom is -0.391 e. The molecule has 4 nitrogen and oxygen atoms in total. The van der Waals surface area contributed by atoms with Crippen LogP contribution in [0.4, 0.5) is 5.82 Å². The quantitative estimate of drug-likeness (QED) is 0.823. The van der Waals surface area contributed by atoms with Gasteiger partial charge in [0.2, 0.25) is 0 Å². The standard InChI is InChI=1S/C10H16BrN3O/c1-6-9(11)10(12)14(13-6)7-4-2-3-5-8(7)15/h7-8,15H,2-5,12H2,1H3. The van der Waals surface area contributed by atoms with Gasteiger partial charge in [0.15, 0.2) is 0 Å². The minimum atomic E-state index is -0.313. The van der Waals surface area contributed by atoms with Crippen LogP contribution >= 0.6 is 15.9 Å². The van der Waals surface area contributed by atoms with Crippen molar-refractivity contribution in [2.24, 2.45) is 0 Å². The van der Waals surface area contributed by atoms with Crippen LogP contribution in [0.3, 0.4) is 0 Å². The van der Waals surface area contributed by atoms with Gasteiger partial charge in [0.05, 0.1) is 22.3 Å². The van der Waals surface area contributed by atoms with Crippen LogP contribution in [-0.2, 0) is 0 Å². The lowest BCUT2D eigenvalue weighted by Gasteiger charge is -2.28. The Morgan fingerprint density at radius 2 is 2.13 bits per heavy atom. The summed E-state index contributed by atoms with van der Waals surface area (Å²) in [5.74, 6) is 0.624. The van der Waals surface area contributed by atoms with Gasteiger partial charge in [0.25, 0.3) is 0 Å². The fraction of sp³-hybridized carbons (Fsp3) is 0.700. The van der Waals surface area contributed by atoms with Gasteiger partial charge in [-0.05, 0) is 35.7 Å². The predicted octanol–water partition coefficient (Wildman–Crippen LogP) is 2.01. The first-order chi connectivity index (χ1) is 7.11. The van der Waals surface area contributed by atoms with E-state index >= 15 is 0 Å². The number of halogens is 1. The van der Waals surface area contributed by atoms with E-state index in [1.54, 1.807) is 4.68 Å². The molecule has 2 atom stereocenters. The average molecular weight is 274 g/mol. The number of aromatic nitrogens is 2. The molecule has 0 aromatic carbocycles. The molecule has 1 saturated carbocycles. The summed E-state index contributed by atoms with van der Waals surface area (Å²) < 4.78 is 2.61. The Kier molecular flexibility index (Phi) is 3.02. The maximum Gasteiger partial charge on any atom is 0.136 e. The van der Waals surface area contributed by atoms with Gasteiger partial charge < -0.3 is 10.8 Å². The topological polar surface area (TPSA) is 64.1 Å². The van der Waals surface area contributed by atoms with Gasteiger partial charge in [0.1, 0.15) is 5.82 Å². The molecule has 1 aliphatic carbocycles. The highest BCUT2D eigenvalue weighted by molar-refractivity contribution is 9.10. The Morgan fingerprint density at radius 3 is 2.67 bits per heavy atom. The SMILES string of the molecule is Cc1nn(C2CCCCC2O)c(N)c1Br. The number of hydrogen-bond donors (Lipinski definition) is 2. The lowest BCUT2D eigenvalue weighted by atomic mass is 9.93. The summed E-state index contributed by atoms with van der Waals surface area (Å²) in [6.07, 6.45) is 3.73. The first-order valence-corrected chi connectivity index (χ1v) is 6.08. The highest BCUT2D eigenvalue weighted by Gasteiger charge is 2.27. The zero-order chi connectivity index (χ0) is 11.0. The van der Waals surface area contributed by atoms with E-state index in [1.165, 1.54) is 0 Å². The van der Waals surface area contributed by atoms with Crippen LogP contribution in [-0.4, -0.2) is 21.0 Å². The van der Waals surface area contributed by atoms with Crippen molar-refractivity contribution in [3.63, 3.8) is 0 Å². The highest BCUT2D eigenvalue weighted by Crippen LogP contribution is 2.33. The van der Waals surface area contributed by atoms with Crippen molar-refractivity contribution in [1.29, 1.82) is 0 Å². The lowest BCUT2D eigenvalue weighted by molar-refractivity contribution is 0.0704. The van der Waals surface area contributed by atoms with Gasteiger partial charge in [-0.1, -0.05) is 12.8 Å². The summed E-state index contributed by atoms with van der Waals surface area (Å²) in [4.78, 5) is 0. The Bertz CT molecular complexity index is 364. The van der Waals surface area contributed by atoms with Crippen molar-refractivity contribution >= 4 is 21.7 Å². The van der Waals surface area contributed by atoms with Gasteiger partial charge >= 0.3 is 0 Å². The van der Waals surface area contributed by atoms with Gasteiger partial charge in [0, 0.05) is 0 Å². The Morgan fingerprint density at radius 1 is 1.47 bits per heavy atom. The molecule has 1 aliphatic rings. The van der Waals surface area contributed by atoms with E-state index in [2.05, 4.69) is 21.0 Å². The summed E-state index contributed by atoms with van der Waals surface area (Å²) in [6.45, 7) is 1.91. The van der Waals surface area contributed by atoms with Gasteiger partial charge in [-0.2, -0.15) is 5.10 Å². The van der Waals surface area contributed by atoms with Crippen molar-refractivity contribution in [2.75, 3.05) is 5.73 Å². The number of aryl methyl sites for hydroxylation is 1. The number of nitrogens with two attached hydrogens (primary N) is 1. The monoisotopic (exact) mass is 273 g/mol. The third kappa shape index (κ3) is 1.90. The third-order valence-corrected chi connectivity index (χ3v) is 4.04. The minimum absolute atomic E-state index is 0.0451. The summed E-state index contributed by atoms with van der Waals surface area (Å²) in [6, 6.07) is 0.0451. The van der Waals surface area contributed by atoms with Crippen LogP contribution in [0.25, 0.3) is 0 Å². The Hall–Kier alpha value is -0.550. The molecule has 2 unspecified atom stereocenters. The van der Waals surface area contributed by atoms with Gasteiger partial charge in [-0.25, -0.2) is 4.68 Å².